The first-order valence-electron chi connectivity index (χ1n) is 9.58. The molecule has 29 heavy (non-hydrogen) atoms. The Hall–Kier alpha value is -3.28. The van der Waals surface area contributed by atoms with Crippen LogP contribution in [-0.4, -0.2) is 25.1 Å². The van der Waals surface area contributed by atoms with Gasteiger partial charge in [0.05, 0.1) is 6.04 Å². The monoisotopic (exact) mass is 395 g/mol. The van der Waals surface area contributed by atoms with E-state index in [1.165, 1.54) is 5.56 Å². The van der Waals surface area contributed by atoms with Crippen LogP contribution in [0.1, 0.15) is 44.1 Å². The fourth-order valence-corrected chi connectivity index (χ4v) is 2.85. The normalized spacial score (nSPS) is 12.0. The molecule has 0 spiro atoms. The summed E-state index contributed by atoms with van der Waals surface area (Å²) in [6, 6.07) is 16.7. The zero-order chi connectivity index (χ0) is 20.8. The average Bonchev–Trinajstić information content (AvgIpc) is 3.15. The molecule has 0 aliphatic carbocycles. The van der Waals surface area contributed by atoms with Gasteiger partial charge in [-0.2, -0.15) is 0 Å². The van der Waals surface area contributed by atoms with E-state index in [-0.39, 0.29) is 19.3 Å². The molecule has 0 aliphatic heterocycles. The molecule has 0 unspecified atom stereocenters. The maximum atomic E-state index is 12.1. The molecule has 6 heteroatoms. The van der Waals surface area contributed by atoms with Crippen LogP contribution >= 0.6 is 0 Å². The van der Waals surface area contributed by atoms with Gasteiger partial charge in [-0.05, 0) is 42.7 Å². The molecule has 0 fully saturated rings. The second-order valence-corrected chi connectivity index (χ2v) is 7.15. The fourth-order valence-electron chi connectivity index (χ4n) is 2.85. The van der Waals surface area contributed by atoms with Gasteiger partial charge >= 0.3 is 5.97 Å². The largest absolute Gasteiger partial charge is 0.482 e. The summed E-state index contributed by atoms with van der Waals surface area (Å²) in [6.07, 6.45) is 0. The number of nitrogens with one attached hydrogen (secondary N) is 1. The van der Waals surface area contributed by atoms with Crippen molar-refractivity contribution in [3.05, 3.63) is 65.9 Å². The lowest BCUT2D eigenvalue weighted by molar-refractivity contribution is -0.150. The van der Waals surface area contributed by atoms with Crippen molar-refractivity contribution in [3.8, 4) is 5.75 Å². The Morgan fingerprint density at radius 2 is 1.72 bits per heavy atom. The minimum absolute atomic E-state index is 0.257. The summed E-state index contributed by atoms with van der Waals surface area (Å²) >= 11 is 0. The van der Waals surface area contributed by atoms with Crippen LogP contribution in [0.15, 0.2) is 59.0 Å². The van der Waals surface area contributed by atoms with E-state index in [1.54, 1.807) is 6.92 Å². The van der Waals surface area contributed by atoms with Crippen molar-refractivity contribution in [1.29, 1.82) is 0 Å². The van der Waals surface area contributed by atoms with Crippen LogP contribution in [0.4, 0.5) is 0 Å². The van der Waals surface area contributed by atoms with E-state index in [2.05, 4.69) is 19.2 Å². The Labute approximate surface area is 169 Å². The van der Waals surface area contributed by atoms with Crippen molar-refractivity contribution in [2.45, 2.75) is 32.7 Å². The van der Waals surface area contributed by atoms with E-state index in [9.17, 15) is 9.59 Å². The van der Waals surface area contributed by atoms with Gasteiger partial charge in [0.15, 0.2) is 13.2 Å². The van der Waals surface area contributed by atoms with Crippen molar-refractivity contribution in [2.24, 2.45) is 0 Å². The highest BCUT2D eigenvalue weighted by Crippen LogP contribution is 2.23. The van der Waals surface area contributed by atoms with Crippen molar-refractivity contribution < 1.29 is 23.5 Å². The van der Waals surface area contributed by atoms with Crippen LogP contribution in [0.25, 0.3) is 11.0 Å². The Bertz CT molecular complexity index is 941. The number of benzene rings is 2. The standard InChI is InChI=1S/C23H25NO5/c1-15(2)17-8-10-19(11-9-17)27-14-23(26)28-13-22(25)24-16(3)21-12-18-6-4-5-7-20(18)29-21/h4-12,15-16H,13-14H2,1-3H3,(H,24,25)/t16-/m0/s1. The van der Waals surface area contributed by atoms with E-state index in [1.807, 2.05) is 54.6 Å². The highest BCUT2D eigenvalue weighted by molar-refractivity contribution is 5.82. The van der Waals surface area contributed by atoms with E-state index >= 15 is 0 Å². The first kappa shape index (κ1) is 20.5. The minimum atomic E-state index is -0.607. The number of esters is 1. The number of carbonyl (C=O) groups is 2. The van der Waals surface area contributed by atoms with Gasteiger partial charge in [0.25, 0.3) is 5.91 Å². The number of furan rings is 1. The number of hydrogen-bond donors (Lipinski definition) is 1. The second-order valence-electron chi connectivity index (χ2n) is 7.15. The molecule has 1 amide bonds. The number of rotatable bonds is 8. The first-order valence-corrected chi connectivity index (χ1v) is 9.58. The number of hydrogen-bond acceptors (Lipinski definition) is 5. The van der Waals surface area contributed by atoms with Gasteiger partial charge in [0.1, 0.15) is 17.1 Å². The Balaban J connectivity index is 1.41. The number of amides is 1. The van der Waals surface area contributed by atoms with E-state index in [0.717, 1.165) is 11.0 Å². The molecule has 3 aromatic rings. The van der Waals surface area contributed by atoms with E-state index in [4.69, 9.17) is 13.9 Å². The predicted octanol–water partition coefficient (Wildman–Crippen LogP) is 4.36. The van der Waals surface area contributed by atoms with Gasteiger partial charge in [-0.1, -0.05) is 44.2 Å². The third-order valence-corrected chi connectivity index (χ3v) is 4.52. The predicted molar refractivity (Wildman–Crippen MR) is 110 cm³/mol. The summed E-state index contributed by atoms with van der Waals surface area (Å²) in [7, 11) is 0. The second kappa shape index (κ2) is 9.28. The molecule has 1 aromatic heterocycles. The number of fused-ring (bicyclic) bond motifs is 1. The lowest BCUT2D eigenvalue weighted by Crippen LogP contribution is -2.31. The highest BCUT2D eigenvalue weighted by atomic mass is 16.6. The molecule has 0 bridgehead atoms. The zero-order valence-corrected chi connectivity index (χ0v) is 16.8. The molecule has 0 saturated heterocycles. The summed E-state index contributed by atoms with van der Waals surface area (Å²) in [4.78, 5) is 23.9. The molecule has 152 valence electrons. The molecule has 6 nitrogen and oxygen atoms in total. The lowest BCUT2D eigenvalue weighted by atomic mass is 10.0. The average molecular weight is 395 g/mol. The highest BCUT2D eigenvalue weighted by Gasteiger charge is 2.15. The fraction of sp³-hybridized carbons (Fsp3) is 0.304. The quantitative estimate of drug-likeness (QED) is 0.574. The third-order valence-electron chi connectivity index (χ3n) is 4.52. The summed E-state index contributed by atoms with van der Waals surface area (Å²) in [6.45, 7) is 5.38. The molecular weight excluding hydrogens is 370 g/mol. The molecule has 1 atom stereocenters. The summed E-state index contributed by atoms with van der Waals surface area (Å²) < 4.78 is 16.1. The maximum Gasteiger partial charge on any atom is 0.344 e. The lowest BCUT2D eigenvalue weighted by Gasteiger charge is -2.12. The van der Waals surface area contributed by atoms with Crippen LogP contribution in [0.2, 0.25) is 0 Å². The zero-order valence-electron chi connectivity index (χ0n) is 16.8. The molecule has 0 radical (unpaired) electrons. The number of para-hydroxylation sites is 1. The van der Waals surface area contributed by atoms with Gasteiger partial charge in [-0.15, -0.1) is 0 Å². The Morgan fingerprint density at radius 3 is 2.41 bits per heavy atom. The molecule has 0 saturated carbocycles. The maximum absolute atomic E-state index is 12.1. The molecule has 2 aromatic carbocycles. The molecule has 1 N–H and O–H groups in total. The van der Waals surface area contributed by atoms with Gasteiger partial charge in [0, 0.05) is 5.39 Å². The molecule has 3 rings (SSSR count). The molecule has 1 heterocycles. The third kappa shape index (κ3) is 5.60. The SMILES string of the molecule is CC(C)c1ccc(OCC(=O)OCC(=O)N[C@@H](C)c2cc3ccccc3o2)cc1. The van der Waals surface area contributed by atoms with Gasteiger partial charge in [-0.25, -0.2) is 4.79 Å². The topological polar surface area (TPSA) is 77.8 Å². The number of ether oxygens (including phenoxy) is 2. The van der Waals surface area contributed by atoms with Crippen LogP contribution in [-0.2, 0) is 14.3 Å². The van der Waals surface area contributed by atoms with Crippen LogP contribution in [0.5, 0.6) is 5.75 Å². The minimum Gasteiger partial charge on any atom is -0.482 e. The Morgan fingerprint density at radius 1 is 1.00 bits per heavy atom. The van der Waals surface area contributed by atoms with Crippen LogP contribution in [0, 0.1) is 0 Å². The molecular formula is C23H25NO5. The van der Waals surface area contributed by atoms with Gasteiger partial charge in [-0.3, -0.25) is 4.79 Å². The smallest absolute Gasteiger partial charge is 0.344 e. The van der Waals surface area contributed by atoms with Gasteiger partial charge in [0.2, 0.25) is 0 Å². The van der Waals surface area contributed by atoms with Crippen LogP contribution < -0.4 is 10.1 Å². The van der Waals surface area contributed by atoms with E-state index < -0.39 is 11.9 Å². The number of carbonyl (C=O) groups excluding carboxylic acids is 2. The van der Waals surface area contributed by atoms with E-state index in [0.29, 0.717) is 17.4 Å². The van der Waals surface area contributed by atoms with Crippen LogP contribution in [0.3, 0.4) is 0 Å². The first-order chi connectivity index (χ1) is 13.9. The summed E-state index contributed by atoms with van der Waals surface area (Å²) in [5.41, 5.74) is 1.95. The van der Waals surface area contributed by atoms with Crippen molar-refractivity contribution in [3.63, 3.8) is 0 Å². The van der Waals surface area contributed by atoms with Crippen molar-refractivity contribution in [1.82, 2.24) is 5.32 Å². The molecule has 0 aliphatic rings. The summed E-state index contributed by atoms with van der Waals surface area (Å²) in [5.74, 6) is 0.625. The summed E-state index contributed by atoms with van der Waals surface area (Å²) in [5, 5.41) is 3.72. The van der Waals surface area contributed by atoms with Gasteiger partial charge < -0.3 is 19.2 Å². The van der Waals surface area contributed by atoms with Crippen molar-refractivity contribution in [2.75, 3.05) is 13.2 Å². The Kier molecular flexibility index (Phi) is 6.54. The van der Waals surface area contributed by atoms with Crippen molar-refractivity contribution >= 4 is 22.8 Å².